The Bertz CT molecular complexity index is 666. The summed E-state index contributed by atoms with van der Waals surface area (Å²) < 4.78 is 5.72. The first-order valence-corrected chi connectivity index (χ1v) is 7.55. The van der Waals surface area contributed by atoms with E-state index in [1.165, 1.54) is 11.3 Å². The third kappa shape index (κ3) is 3.48. The maximum Gasteiger partial charge on any atom is 0.131 e. The van der Waals surface area contributed by atoms with Crippen LogP contribution in [-0.4, -0.2) is 10.1 Å². The summed E-state index contributed by atoms with van der Waals surface area (Å²) >= 11 is 1.45. The van der Waals surface area contributed by atoms with Crippen LogP contribution in [0.4, 0.5) is 0 Å². The summed E-state index contributed by atoms with van der Waals surface area (Å²) in [5.74, 6) is 0.786. The van der Waals surface area contributed by atoms with E-state index in [1.54, 1.807) is 6.20 Å². The van der Waals surface area contributed by atoms with Crippen molar-refractivity contribution in [2.45, 2.75) is 12.7 Å². The Kier molecular flexibility index (Phi) is 4.28. The molecule has 106 valence electrons. The number of aliphatic hydroxyl groups excluding tert-OH is 1. The summed E-state index contributed by atoms with van der Waals surface area (Å²) in [4.78, 5) is 4.13. The normalized spacial score (nSPS) is 12.0. The van der Waals surface area contributed by atoms with Gasteiger partial charge in [0.25, 0.3) is 0 Å². The second kappa shape index (κ2) is 6.52. The zero-order chi connectivity index (χ0) is 14.5. The minimum Gasteiger partial charge on any atom is -0.489 e. The van der Waals surface area contributed by atoms with Gasteiger partial charge in [0.1, 0.15) is 23.5 Å². The lowest BCUT2D eigenvalue weighted by Gasteiger charge is -2.10. The van der Waals surface area contributed by atoms with Crippen LogP contribution in [0.5, 0.6) is 5.75 Å². The van der Waals surface area contributed by atoms with Crippen molar-refractivity contribution in [3.05, 3.63) is 82.3 Å². The van der Waals surface area contributed by atoms with E-state index in [-0.39, 0.29) is 0 Å². The lowest BCUT2D eigenvalue weighted by molar-refractivity contribution is 0.219. The fraction of sp³-hybridized carbons (Fsp3) is 0.118. The van der Waals surface area contributed by atoms with Crippen LogP contribution in [0.15, 0.2) is 66.2 Å². The average Bonchev–Trinajstić information content (AvgIpc) is 3.08. The topological polar surface area (TPSA) is 42.4 Å². The van der Waals surface area contributed by atoms with Crippen LogP contribution < -0.4 is 4.74 Å². The van der Waals surface area contributed by atoms with Crippen molar-refractivity contribution in [3.8, 4) is 5.75 Å². The largest absolute Gasteiger partial charge is 0.489 e. The molecular weight excluding hydrogens is 282 g/mol. The standard InChI is InChI=1S/C17H15NO2S/c19-16(17-18-10-11-21-17)14-6-8-15(9-7-14)20-12-13-4-2-1-3-5-13/h1-11,16,19H,12H2. The summed E-state index contributed by atoms with van der Waals surface area (Å²) in [5.41, 5.74) is 1.95. The zero-order valence-electron chi connectivity index (χ0n) is 11.3. The lowest BCUT2D eigenvalue weighted by Crippen LogP contribution is -1.99. The number of aliphatic hydroxyl groups is 1. The predicted molar refractivity (Wildman–Crippen MR) is 83.4 cm³/mol. The molecule has 1 atom stereocenters. The molecular formula is C17H15NO2S. The van der Waals surface area contributed by atoms with E-state index in [0.29, 0.717) is 11.6 Å². The molecule has 4 heteroatoms. The second-order valence-corrected chi connectivity index (χ2v) is 5.54. The Morgan fingerprint density at radius 3 is 2.48 bits per heavy atom. The lowest BCUT2D eigenvalue weighted by atomic mass is 10.1. The number of nitrogens with zero attached hydrogens (tertiary/aromatic N) is 1. The highest BCUT2D eigenvalue weighted by atomic mass is 32.1. The van der Waals surface area contributed by atoms with Gasteiger partial charge in [-0.1, -0.05) is 42.5 Å². The van der Waals surface area contributed by atoms with Gasteiger partial charge in [-0.2, -0.15) is 0 Å². The Hall–Kier alpha value is -2.17. The first-order valence-electron chi connectivity index (χ1n) is 6.67. The molecule has 0 spiro atoms. The highest BCUT2D eigenvalue weighted by Gasteiger charge is 2.12. The van der Waals surface area contributed by atoms with Crippen molar-refractivity contribution in [2.24, 2.45) is 0 Å². The van der Waals surface area contributed by atoms with Crippen LogP contribution in [0.1, 0.15) is 22.2 Å². The highest BCUT2D eigenvalue weighted by Crippen LogP contribution is 2.25. The van der Waals surface area contributed by atoms with Gasteiger partial charge in [0.05, 0.1) is 0 Å². The molecule has 3 rings (SSSR count). The van der Waals surface area contributed by atoms with Crippen molar-refractivity contribution < 1.29 is 9.84 Å². The molecule has 3 aromatic rings. The SMILES string of the molecule is OC(c1ccc(OCc2ccccc2)cc1)c1nccs1. The molecule has 0 fully saturated rings. The van der Waals surface area contributed by atoms with Crippen LogP contribution in [0, 0.1) is 0 Å². The van der Waals surface area contributed by atoms with E-state index >= 15 is 0 Å². The van der Waals surface area contributed by atoms with Crippen LogP contribution in [0.25, 0.3) is 0 Å². The van der Waals surface area contributed by atoms with Crippen LogP contribution in [0.3, 0.4) is 0 Å². The summed E-state index contributed by atoms with van der Waals surface area (Å²) in [6.45, 7) is 0.537. The summed E-state index contributed by atoms with van der Waals surface area (Å²) in [6.07, 6.45) is 1.02. The molecule has 3 nitrogen and oxygen atoms in total. The monoisotopic (exact) mass is 297 g/mol. The first-order chi connectivity index (χ1) is 10.3. The van der Waals surface area contributed by atoms with E-state index in [1.807, 2.05) is 60.0 Å². The molecule has 0 aliphatic heterocycles. The van der Waals surface area contributed by atoms with Crippen LogP contribution in [-0.2, 0) is 6.61 Å². The Morgan fingerprint density at radius 2 is 1.81 bits per heavy atom. The van der Waals surface area contributed by atoms with Gasteiger partial charge in [-0.25, -0.2) is 4.98 Å². The number of hydrogen-bond acceptors (Lipinski definition) is 4. The molecule has 0 saturated heterocycles. The first kappa shape index (κ1) is 13.8. The third-order valence-corrected chi connectivity index (χ3v) is 3.96. The summed E-state index contributed by atoms with van der Waals surface area (Å²) in [7, 11) is 0. The zero-order valence-corrected chi connectivity index (χ0v) is 12.2. The molecule has 1 aromatic heterocycles. The Labute approximate surface area is 127 Å². The number of rotatable bonds is 5. The van der Waals surface area contributed by atoms with Crippen molar-refractivity contribution >= 4 is 11.3 Å². The van der Waals surface area contributed by atoms with Crippen molar-refractivity contribution in [2.75, 3.05) is 0 Å². The van der Waals surface area contributed by atoms with Gasteiger partial charge in [-0.05, 0) is 23.3 Å². The van der Waals surface area contributed by atoms with Gasteiger partial charge in [0, 0.05) is 11.6 Å². The van der Waals surface area contributed by atoms with Gasteiger partial charge >= 0.3 is 0 Å². The van der Waals surface area contributed by atoms with E-state index in [4.69, 9.17) is 4.74 Å². The molecule has 21 heavy (non-hydrogen) atoms. The molecule has 0 aliphatic carbocycles. The molecule has 0 aliphatic rings. The molecule has 0 radical (unpaired) electrons. The van der Waals surface area contributed by atoms with Gasteiger partial charge in [0.2, 0.25) is 0 Å². The van der Waals surface area contributed by atoms with Crippen LogP contribution >= 0.6 is 11.3 Å². The van der Waals surface area contributed by atoms with Gasteiger partial charge < -0.3 is 9.84 Å². The quantitative estimate of drug-likeness (QED) is 0.779. The van der Waals surface area contributed by atoms with Gasteiger partial charge in [-0.15, -0.1) is 11.3 Å². The maximum atomic E-state index is 10.2. The van der Waals surface area contributed by atoms with Crippen molar-refractivity contribution in [1.82, 2.24) is 4.98 Å². The van der Waals surface area contributed by atoms with E-state index in [0.717, 1.165) is 16.9 Å². The molecule has 1 unspecified atom stereocenters. The molecule has 0 amide bonds. The second-order valence-electron chi connectivity index (χ2n) is 4.62. The van der Waals surface area contributed by atoms with Gasteiger partial charge in [0.15, 0.2) is 0 Å². The molecule has 2 aromatic carbocycles. The van der Waals surface area contributed by atoms with Crippen molar-refractivity contribution in [3.63, 3.8) is 0 Å². The smallest absolute Gasteiger partial charge is 0.131 e. The molecule has 0 saturated carbocycles. The van der Waals surface area contributed by atoms with Crippen molar-refractivity contribution in [1.29, 1.82) is 0 Å². The summed E-state index contributed by atoms with van der Waals surface area (Å²) in [6, 6.07) is 17.5. The highest BCUT2D eigenvalue weighted by molar-refractivity contribution is 7.09. The number of thiazole rings is 1. The minimum absolute atomic E-state index is 0.537. The van der Waals surface area contributed by atoms with Crippen LogP contribution in [0.2, 0.25) is 0 Å². The number of ether oxygens (including phenoxy) is 1. The molecule has 0 bridgehead atoms. The molecule has 1 heterocycles. The van der Waals surface area contributed by atoms with Gasteiger partial charge in [-0.3, -0.25) is 0 Å². The fourth-order valence-electron chi connectivity index (χ4n) is 2.00. The maximum absolute atomic E-state index is 10.2. The third-order valence-electron chi connectivity index (χ3n) is 3.13. The van der Waals surface area contributed by atoms with E-state index in [2.05, 4.69) is 4.98 Å². The summed E-state index contributed by atoms with van der Waals surface area (Å²) in [5, 5.41) is 12.7. The fourth-order valence-corrected chi connectivity index (χ4v) is 2.65. The predicted octanol–water partition coefficient (Wildman–Crippen LogP) is 3.80. The van der Waals surface area contributed by atoms with E-state index < -0.39 is 6.10 Å². The number of benzene rings is 2. The number of aromatic nitrogens is 1. The Balaban J connectivity index is 1.64. The minimum atomic E-state index is -0.673. The Morgan fingerprint density at radius 1 is 1.05 bits per heavy atom. The average molecular weight is 297 g/mol. The number of hydrogen-bond donors (Lipinski definition) is 1. The van der Waals surface area contributed by atoms with E-state index in [9.17, 15) is 5.11 Å². The molecule has 1 N–H and O–H groups in total.